The van der Waals surface area contributed by atoms with Gasteiger partial charge in [-0.3, -0.25) is 0 Å². The molecule has 4 nitrogen and oxygen atoms in total. The van der Waals surface area contributed by atoms with E-state index in [2.05, 4.69) is 32.9 Å². The maximum Gasteiger partial charge on any atom is 0.242 e. The fraction of sp³-hybridized carbons (Fsp3) is 0.667. The molecule has 0 bridgehead atoms. The second kappa shape index (κ2) is 6.22. The lowest BCUT2D eigenvalue weighted by Gasteiger charge is -2.12. The summed E-state index contributed by atoms with van der Waals surface area (Å²) in [6.45, 7) is 2.85. The second-order valence-corrected chi connectivity index (χ2v) is 9.25. The summed E-state index contributed by atoms with van der Waals surface area (Å²) >= 11 is 4.82. The van der Waals surface area contributed by atoms with Crippen LogP contribution in [0.3, 0.4) is 0 Å². The molecular weight excluding hydrogens is 348 g/mol. The summed E-state index contributed by atoms with van der Waals surface area (Å²) < 4.78 is 28.3. The standard InChI is InChI=1S/C12H19BrN2O2S2/c1-8-3-4-9(5-8)15-19(16,17)11-6-10(7-14-2)18-12(11)13/h6,8-9,14-15H,3-5,7H2,1-2H3. The topological polar surface area (TPSA) is 58.2 Å². The minimum absolute atomic E-state index is 0.0829. The molecule has 2 rings (SSSR count). The van der Waals surface area contributed by atoms with Gasteiger partial charge in [0.15, 0.2) is 0 Å². The lowest BCUT2D eigenvalue weighted by molar-refractivity contribution is 0.538. The fourth-order valence-corrected chi connectivity index (χ4v) is 6.42. The number of rotatable bonds is 5. The van der Waals surface area contributed by atoms with Gasteiger partial charge in [-0.25, -0.2) is 13.1 Å². The van der Waals surface area contributed by atoms with Crippen LogP contribution in [0.2, 0.25) is 0 Å². The molecule has 0 amide bonds. The van der Waals surface area contributed by atoms with Crippen LogP contribution < -0.4 is 10.0 Å². The molecule has 1 aromatic heterocycles. The summed E-state index contributed by atoms with van der Waals surface area (Å²) in [6.07, 6.45) is 2.97. The highest BCUT2D eigenvalue weighted by Gasteiger charge is 2.28. The van der Waals surface area contributed by atoms with Crippen LogP contribution in [-0.2, 0) is 16.6 Å². The van der Waals surface area contributed by atoms with E-state index in [0.717, 1.165) is 24.1 Å². The number of hydrogen-bond acceptors (Lipinski definition) is 4. The number of sulfonamides is 1. The van der Waals surface area contributed by atoms with Gasteiger partial charge in [-0.15, -0.1) is 11.3 Å². The Morgan fingerprint density at radius 1 is 1.47 bits per heavy atom. The molecule has 2 unspecified atom stereocenters. The van der Waals surface area contributed by atoms with Gasteiger partial charge >= 0.3 is 0 Å². The Kier molecular flexibility index (Phi) is 5.05. The molecule has 0 aromatic carbocycles. The average Bonchev–Trinajstić information content (AvgIpc) is 2.86. The quantitative estimate of drug-likeness (QED) is 0.841. The van der Waals surface area contributed by atoms with E-state index in [1.54, 1.807) is 6.07 Å². The van der Waals surface area contributed by atoms with Crippen molar-refractivity contribution in [2.75, 3.05) is 7.05 Å². The first-order valence-corrected chi connectivity index (χ1v) is 9.46. The van der Waals surface area contributed by atoms with Crippen LogP contribution in [-0.4, -0.2) is 21.5 Å². The summed E-state index contributed by atoms with van der Waals surface area (Å²) in [7, 11) is -1.56. The van der Waals surface area contributed by atoms with Gasteiger partial charge in [0.2, 0.25) is 10.0 Å². The first-order chi connectivity index (χ1) is 8.92. The third kappa shape index (κ3) is 3.78. The molecule has 0 radical (unpaired) electrons. The van der Waals surface area contributed by atoms with Crippen LogP contribution in [0.1, 0.15) is 31.1 Å². The normalized spacial score (nSPS) is 23.9. The maximum absolute atomic E-state index is 12.4. The van der Waals surface area contributed by atoms with Crippen molar-refractivity contribution in [1.29, 1.82) is 0 Å². The molecule has 0 spiro atoms. The van der Waals surface area contributed by atoms with E-state index in [9.17, 15) is 8.42 Å². The van der Waals surface area contributed by atoms with Crippen LogP contribution >= 0.6 is 27.3 Å². The Hall–Kier alpha value is 0.0500. The summed E-state index contributed by atoms with van der Waals surface area (Å²) in [4.78, 5) is 1.37. The Morgan fingerprint density at radius 2 is 2.21 bits per heavy atom. The molecule has 2 atom stereocenters. The highest BCUT2D eigenvalue weighted by Crippen LogP contribution is 2.33. The van der Waals surface area contributed by atoms with Crippen molar-refractivity contribution in [2.45, 2.75) is 43.7 Å². The molecule has 2 N–H and O–H groups in total. The molecule has 1 aromatic rings. The smallest absolute Gasteiger partial charge is 0.242 e. The molecular formula is C12H19BrN2O2S2. The summed E-state index contributed by atoms with van der Waals surface area (Å²) in [5.74, 6) is 0.610. The molecule has 19 heavy (non-hydrogen) atoms. The zero-order valence-corrected chi connectivity index (χ0v) is 14.3. The van der Waals surface area contributed by atoms with Crippen molar-refractivity contribution in [3.8, 4) is 0 Å². The van der Waals surface area contributed by atoms with Crippen molar-refractivity contribution in [2.24, 2.45) is 5.92 Å². The monoisotopic (exact) mass is 366 g/mol. The Balaban J connectivity index is 2.14. The van der Waals surface area contributed by atoms with E-state index in [0.29, 0.717) is 21.1 Å². The molecule has 108 valence electrons. The number of halogens is 1. The SMILES string of the molecule is CNCc1cc(S(=O)(=O)NC2CCC(C)C2)c(Br)s1. The van der Waals surface area contributed by atoms with Crippen LogP contribution in [0.5, 0.6) is 0 Å². The minimum atomic E-state index is -3.41. The Labute approximate surface area is 127 Å². The molecule has 1 aliphatic rings. The highest BCUT2D eigenvalue weighted by molar-refractivity contribution is 9.11. The lowest BCUT2D eigenvalue weighted by atomic mass is 10.1. The van der Waals surface area contributed by atoms with E-state index in [1.807, 2.05) is 7.05 Å². The summed E-state index contributed by atoms with van der Waals surface area (Å²) in [6, 6.07) is 1.82. The fourth-order valence-electron chi connectivity index (χ4n) is 2.44. The molecule has 1 aliphatic carbocycles. The largest absolute Gasteiger partial charge is 0.315 e. The van der Waals surface area contributed by atoms with Crippen molar-refractivity contribution >= 4 is 37.3 Å². The van der Waals surface area contributed by atoms with Crippen molar-refractivity contribution in [1.82, 2.24) is 10.0 Å². The predicted molar refractivity (Wildman–Crippen MR) is 81.9 cm³/mol. The highest BCUT2D eigenvalue weighted by atomic mass is 79.9. The van der Waals surface area contributed by atoms with E-state index in [1.165, 1.54) is 11.3 Å². The van der Waals surface area contributed by atoms with Gasteiger partial charge in [-0.2, -0.15) is 0 Å². The van der Waals surface area contributed by atoms with Gasteiger partial charge in [0.05, 0.1) is 3.79 Å². The first-order valence-electron chi connectivity index (χ1n) is 6.37. The molecule has 7 heteroatoms. The van der Waals surface area contributed by atoms with Gasteiger partial charge < -0.3 is 5.32 Å². The van der Waals surface area contributed by atoms with Crippen molar-refractivity contribution in [3.05, 3.63) is 14.7 Å². The molecule has 0 saturated heterocycles. The van der Waals surface area contributed by atoms with E-state index < -0.39 is 10.0 Å². The predicted octanol–water partition coefficient (Wildman–Crippen LogP) is 2.70. The maximum atomic E-state index is 12.4. The number of thiophene rings is 1. The average molecular weight is 367 g/mol. The van der Waals surface area contributed by atoms with Gasteiger partial charge in [-0.05, 0) is 54.2 Å². The van der Waals surface area contributed by atoms with Crippen LogP contribution in [0.25, 0.3) is 0 Å². The third-order valence-electron chi connectivity index (χ3n) is 3.36. The minimum Gasteiger partial charge on any atom is -0.315 e. The zero-order chi connectivity index (χ0) is 14.0. The molecule has 0 aliphatic heterocycles. The Bertz CT molecular complexity index is 542. The van der Waals surface area contributed by atoms with E-state index in [-0.39, 0.29) is 6.04 Å². The molecule has 1 fully saturated rings. The lowest BCUT2D eigenvalue weighted by Crippen LogP contribution is -2.32. The van der Waals surface area contributed by atoms with Crippen LogP contribution in [0.15, 0.2) is 14.7 Å². The van der Waals surface area contributed by atoms with Crippen molar-refractivity contribution < 1.29 is 8.42 Å². The summed E-state index contributed by atoms with van der Waals surface area (Å²) in [5, 5.41) is 3.03. The number of hydrogen-bond donors (Lipinski definition) is 2. The summed E-state index contributed by atoms with van der Waals surface area (Å²) in [5.41, 5.74) is 0. The second-order valence-electron chi connectivity index (χ2n) is 5.12. The van der Waals surface area contributed by atoms with Gasteiger partial charge in [0.25, 0.3) is 0 Å². The van der Waals surface area contributed by atoms with Gasteiger partial charge in [-0.1, -0.05) is 6.92 Å². The molecule has 1 heterocycles. The van der Waals surface area contributed by atoms with E-state index >= 15 is 0 Å². The van der Waals surface area contributed by atoms with Gasteiger partial charge in [0, 0.05) is 17.5 Å². The Morgan fingerprint density at radius 3 is 2.79 bits per heavy atom. The van der Waals surface area contributed by atoms with Crippen molar-refractivity contribution in [3.63, 3.8) is 0 Å². The first kappa shape index (κ1) is 15.4. The zero-order valence-electron chi connectivity index (χ0n) is 11.1. The third-order valence-corrected chi connectivity index (χ3v) is 7.14. The van der Waals surface area contributed by atoms with Gasteiger partial charge in [0.1, 0.15) is 4.90 Å². The van der Waals surface area contributed by atoms with Crippen LogP contribution in [0, 0.1) is 5.92 Å². The molecule has 1 saturated carbocycles. The van der Waals surface area contributed by atoms with E-state index in [4.69, 9.17) is 0 Å². The number of nitrogens with one attached hydrogen (secondary N) is 2. The van der Waals surface area contributed by atoms with Crippen LogP contribution in [0.4, 0.5) is 0 Å².